The Balaban J connectivity index is 1.32. The number of rotatable bonds is 9. The molecular formula is C28H30N2O5. The van der Waals surface area contributed by atoms with Gasteiger partial charge in [0.1, 0.15) is 17.2 Å². The van der Waals surface area contributed by atoms with Crippen molar-refractivity contribution < 1.29 is 23.8 Å². The summed E-state index contributed by atoms with van der Waals surface area (Å²) < 4.78 is 17.1. The Morgan fingerprint density at radius 1 is 0.971 bits per heavy atom. The van der Waals surface area contributed by atoms with Gasteiger partial charge in [-0.25, -0.2) is 0 Å². The number of fused-ring (bicyclic) bond motifs is 1. The van der Waals surface area contributed by atoms with E-state index >= 15 is 0 Å². The first-order chi connectivity index (χ1) is 16.9. The number of carbonyl (C=O) groups is 2. The highest BCUT2D eigenvalue weighted by Crippen LogP contribution is 2.34. The lowest BCUT2D eigenvalue weighted by Gasteiger charge is -2.29. The van der Waals surface area contributed by atoms with Gasteiger partial charge in [0.25, 0.3) is 11.8 Å². The van der Waals surface area contributed by atoms with E-state index in [1.807, 2.05) is 63.2 Å². The second kappa shape index (κ2) is 11.0. The van der Waals surface area contributed by atoms with Crippen molar-refractivity contribution in [2.75, 3.05) is 36.6 Å². The maximum atomic E-state index is 12.5. The van der Waals surface area contributed by atoms with Gasteiger partial charge < -0.3 is 24.4 Å². The quantitative estimate of drug-likeness (QED) is 0.450. The summed E-state index contributed by atoms with van der Waals surface area (Å²) in [6.07, 6.45) is 0.674. The van der Waals surface area contributed by atoms with Gasteiger partial charge in [0.2, 0.25) is 0 Å². The van der Waals surface area contributed by atoms with Crippen LogP contribution in [0, 0.1) is 20.8 Å². The zero-order valence-electron chi connectivity index (χ0n) is 20.3. The van der Waals surface area contributed by atoms with Crippen molar-refractivity contribution in [1.29, 1.82) is 0 Å². The minimum absolute atomic E-state index is 0.0427. The number of nitrogens with one attached hydrogen (secondary N) is 1. The summed E-state index contributed by atoms with van der Waals surface area (Å²) in [4.78, 5) is 26.6. The van der Waals surface area contributed by atoms with Crippen LogP contribution in [0.5, 0.6) is 17.2 Å². The van der Waals surface area contributed by atoms with Crippen LogP contribution in [0.4, 0.5) is 11.4 Å². The third-order valence-corrected chi connectivity index (χ3v) is 5.70. The van der Waals surface area contributed by atoms with E-state index in [-0.39, 0.29) is 25.0 Å². The molecule has 1 aliphatic rings. The standard InChI is InChI=1S/C28H30N2O5/c1-19-6-10-23(11-7-19)33-14-4-13-30-24-12-9-22(16-26(24)35-18-28(30)32)29-27(31)17-34-25-15-20(2)5-8-21(25)3/h5-12,15-16H,4,13-14,17-18H2,1-3H3,(H,29,31). The van der Waals surface area contributed by atoms with Gasteiger partial charge in [-0.3, -0.25) is 9.59 Å². The number of benzene rings is 3. The first kappa shape index (κ1) is 24.1. The van der Waals surface area contributed by atoms with Crippen LogP contribution in [0.1, 0.15) is 23.1 Å². The van der Waals surface area contributed by atoms with Crippen LogP contribution in [-0.4, -0.2) is 38.2 Å². The fourth-order valence-corrected chi connectivity index (χ4v) is 3.78. The van der Waals surface area contributed by atoms with Gasteiger partial charge in [-0.05, 0) is 68.7 Å². The van der Waals surface area contributed by atoms with Gasteiger partial charge >= 0.3 is 0 Å². The van der Waals surface area contributed by atoms with Gasteiger partial charge in [0.05, 0.1) is 12.3 Å². The molecule has 3 aromatic rings. The molecule has 2 amide bonds. The summed E-state index contributed by atoms with van der Waals surface area (Å²) in [6.45, 7) is 6.81. The monoisotopic (exact) mass is 474 g/mol. The van der Waals surface area contributed by atoms with Gasteiger partial charge in [-0.1, -0.05) is 29.8 Å². The molecule has 1 aliphatic heterocycles. The molecule has 1 heterocycles. The van der Waals surface area contributed by atoms with E-state index in [0.717, 1.165) is 16.9 Å². The van der Waals surface area contributed by atoms with E-state index in [9.17, 15) is 9.59 Å². The van der Waals surface area contributed by atoms with Crippen LogP contribution in [-0.2, 0) is 9.59 Å². The Bertz CT molecular complexity index is 1210. The molecular weight excluding hydrogens is 444 g/mol. The largest absolute Gasteiger partial charge is 0.494 e. The lowest BCUT2D eigenvalue weighted by molar-refractivity contribution is -0.121. The third kappa shape index (κ3) is 6.32. The zero-order valence-corrected chi connectivity index (χ0v) is 20.3. The summed E-state index contributed by atoms with van der Waals surface area (Å²) in [5, 5.41) is 2.83. The molecule has 1 N–H and O–H groups in total. The number of carbonyl (C=O) groups excluding carboxylic acids is 2. The first-order valence-electron chi connectivity index (χ1n) is 11.7. The Kier molecular flexibility index (Phi) is 7.55. The predicted molar refractivity (Wildman–Crippen MR) is 136 cm³/mol. The Morgan fingerprint density at radius 2 is 1.74 bits per heavy atom. The number of hydrogen-bond acceptors (Lipinski definition) is 5. The van der Waals surface area contributed by atoms with E-state index in [4.69, 9.17) is 14.2 Å². The van der Waals surface area contributed by atoms with Crippen molar-refractivity contribution in [3.05, 3.63) is 77.4 Å². The lowest BCUT2D eigenvalue weighted by Crippen LogP contribution is -2.39. The van der Waals surface area contributed by atoms with Crippen LogP contribution < -0.4 is 24.4 Å². The summed E-state index contributed by atoms with van der Waals surface area (Å²) in [5.41, 5.74) is 4.48. The maximum absolute atomic E-state index is 12.5. The van der Waals surface area contributed by atoms with Crippen LogP contribution in [0.15, 0.2) is 60.7 Å². The summed E-state index contributed by atoms with van der Waals surface area (Å²) in [6, 6.07) is 19.0. The molecule has 4 rings (SSSR count). The average molecular weight is 475 g/mol. The molecule has 0 bridgehead atoms. The van der Waals surface area contributed by atoms with Gasteiger partial charge in [-0.15, -0.1) is 0 Å². The second-order valence-electron chi connectivity index (χ2n) is 8.64. The highest BCUT2D eigenvalue weighted by Gasteiger charge is 2.25. The third-order valence-electron chi connectivity index (χ3n) is 5.70. The van der Waals surface area contributed by atoms with Crippen LogP contribution in [0.25, 0.3) is 0 Å². The second-order valence-corrected chi connectivity index (χ2v) is 8.64. The fourth-order valence-electron chi connectivity index (χ4n) is 3.78. The number of anilines is 2. The molecule has 0 atom stereocenters. The van der Waals surface area contributed by atoms with Crippen LogP contribution in [0.2, 0.25) is 0 Å². The van der Waals surface area contributed by atoms with Crippen molar-refractivity contribution in [2.24, 2.45) is 0 Å². The van der Waals surface area contributed by atoms with Gasteiger partial charge in [0.15, 0.2) is 13.2 Å². The highest BCUT2D eigenvalue weighted by molar-refractivity contribution is 5.99. The number of aryl methyl sites for hydroxylation is 3. The summed E-state index contributed by atoms with van der Waals surface area (Å²) in [7, 11) is 0. The summed E-state index contributed by atoms with van der Waals surface area (Å²) in [5.74, 6) is 1.67. The Labute approximate surface area is 205 Å². The smallest absolute Gasteiger partial charge is 0.265 e. The molecule has 35 heavy (non-hydrogen) atoms. The van der Waals surface area contributed by atoms with Crippen molar-refractivity contribution in [3.8, 4) is 17.2 Å². The molecule has 0 unspecified atom stereocenters. The highest BCUT2D eigenvalue weighted by atomic mass is 16.5. The lowest BCUT2D eigenvalue weighted by atomic mass is 10.1. The molecule has 7 nitrogen and oxygen atoms in total. The van der Waals surface area contributed by atoms with E-state index in [2.05, 4.69) is 5.32 Å². The molecule has 0 spiro atoms. The SMILES string of the molecule is Cc1ccc(OCCCN2C(=O)COc3cc(NC(=O)COc4cc(C)ccc4C)ccc32)cc1. The number of nitrogens with zero attached hydrogens (tertiary/aromatic N) is 1. The van der Waals surface area contributed by atoms with Gasteiger partial charge in [-0.2, -0.15) is 0 Å². The molecule has 0 fully saturated rings. The fraction of sp³-hybridized carbons (Fsp3) is 0.286. The van der Waals surface area contributed by atoms with Gasteiger partial charge in [0, 0.05) is 18.3 Å². The predicted octanol–water partition coefficient (Wildman–Crippen LogP) is 4.82. The molecule has 0 saturated carbocycles. The van der Waals surface area contributed by atoms with Crippen molar-refractivity contribution in [3.63, 3.8) is 0 Å². The van der Waals surface area contributed by atoms with Crippen molar-refractivity contribution in [1.82, 2.24) is 0 Å². The molecule has 182 valence electrons. The molecule has 0 radical (unpaired) electrons. The van der Waals surface area contributed by atoms with Crippen LogP contribution in [0.3, 0.4) is 0 Å². The van der Waals surface area contributed by atoms with E-state index in [1.54, 1.807) is 23.1 Å². The molecule has 7 heteroatoms. The summed E-state index contributed by atoms with van der Waals surface area (Å²) >= 11 is 0. The Morgan fingerprint density at radius 3 is 2.54 bits per heavy atom. The first-order valence-corrected chi connectivity index (χ1v) is 11.7. The normalized spacial score (nSPS) is 12.5. The number of amides is 2. The minimum Gasteiger partial charge on any atom is -0.494 e. The van der Waals surface area contributed by atoms with Crippen molar-refractivity contribution >= 4 is 23.2 Å². The molecule has 3 aromatic carbocycles. The van der Waals surface area contributed by atoms with E-state index < -0.39 is 0 Å². The van der Waals surface area contributed by atoms with Crippen LogP contribution >= 0.6 is 0 Å². The molecule has 0 saturated heterocycles. The van der Waals surface area contributed by atoms with Crippen molar-refractivity contribution in [2.45, 2.75) is 27.2 Å². The maximum Gasteiger partial charge on any atom is 0.265 e. The van der Waals surface area contributed by atoms with E-state index in [0.29, 0.717) is 42.4 Å². The van der Waals surface area contributed by atoms with E-state index in [1.165, 1.54) is 5.56 Å². The Hall–Kier alpha value is -4.00. The topological polar surface area (TPSA) is 77.1 Å². The zero-order chi connectivity index (χ0) is 24.8. The molecule has 0 aliphatic carbocycles. The average Bonchev–Trinajstić information content (AvgIpc) is 2.84. The number of ether oxygens (including phenoxy) is 3. The molecule has 0 aromatic heterocycles. The number of hydrogen-bond donors (Lipinski definition) is 1. The minimum atomic E-state index is -0.275.